The largest absolute Gasteiger partial charge is 0.367 e. The molecule has 32 heavy (non-hydrogen) atoms. The van der Waals surface area contributed by atoms with Crippen LogP contribution in [0.25, 0.3) is 0 Å². The minimum Gasteiger partial charge on any atom is -0.367 e. The van der Waals surface area contributed by atoms with Gasteiger partial charge in [0.05, 0.1) is 18.8 Å². The van der Waals surface area contributed by atoms with Gasteiger partial charge < -0.3 is 20.4 Å². The maximum absolute atomic E-state index is 14.8. The first kappa shape index (κ1) is 24.7. The quantitative estimate of drug-likeness (QED) is 0.323. The summed E-state index contributed by atoms with van der Waals surface area (Å²) in [6.45, 7) is 10.9. The smallest absolute Gasteiger partial charge is 0.191 e. The molecule has 3 heterocycles. The van der Waals surface area contributed by atoms with E-state index in [4.69, 9.17) is 0 Å². The second kappa shape index (κ2) is 11.8. The lowest BCUT2D eigenvalue weighted by Gasteiger charge is -2.35. The molecule has 0 aliphatic carbocycles. The first-order valence-corrected chi connectivity index (χ1v) is 11.3. The summed E-state index contributed by atoms with van der Waals surface area (Å²) in [6, 6.07) is 5.75. The van der Waals surface area contributed by atoms with Gasteiger partial charge in [-0.3, -0.25) is 0 Å². The summed E-state index contributed by atoms with van der Waals surface area (Å²) in [6.07, 6.45) is 3.49. The Hall–Kier alpha value is -1.95. The van der Waals surface area contributed by atoms with Gasteiger partial charge in [0.1, 0.15) is 18.0 Å². The zero-order valence-corrected chi connectivity index (χ0v) is 21.3. The third-order valence-corrected chi connectivity index (χ3v) is 6.08. The standard InChI is InChI=1S/C22H33FN8.HI/c1-3-24-22(28-18-6-8-21-26-16-27-31(21)15-18)25-14-17-5-7-20(19(23)13-17)30-11-9-29(4-2)10-12-30;/h5,7,13,16,18H,3-4,6,8-12,14-15H2,1-2H3,(H2,24,25,28);1H. The molecule has 4 rings (SSSR count). The van der Waals surface area contributed by atoms with E-state index in [1.165, 1.54) is 0 Å². The van der Waals surface area contributed by atoms with Gasteiger partial charge in [0.25, 0.3) is 0 Å². The van der Waals surface area contributed by atoms with E-state index in [2.05, 4.69) is 42.4 Å². The number of fused-ring (bicyclic) bond motifs is 1. The molecule has 2 aliphatic heterocycles. The molecule has 0 saturated carbocycles. The van der Waals surface area contributed by atoms with E-state index in [0.717, 1.165) is 76.0 Å². The Bertz CT molecular complexity index is 894. The average molecular weight is 556 g/mol. The summed E-state index contributed by atoms with van der Waals surface area (Å²) in [7, 11) is 0. The lowest BCUT2D eigenvalue weighted by molar-refractivity contribution is 0.270. The van der Waals surface area contributed by atoms with Crippen molar-refractivity contribution in [1.29, 1.82) is 0 Å². The molecular formula is C22H34FIN8. The molecule has 1 fully saturated rings. The van der Waals surface area contributed by atoms with Gasteiger partial charge in [-0.05, 0) is 37.6 Å². The average Bonchev–Trinajstić information content (AvgIpc) is 3.26. The van der Waals surface area contributed by atoms with E-state index >= 15 is 0 Å². The van der Waals surface area contributed by atoms with E-state index in [9.17, 15) is 4.39 Å². The SMILES string of the molecule is CCNC(=NCc1ccc(N2CCN(CC)CC2)c(F)c1)NC1CCc2ncnn2C1.I. The Morgan fingerprint density at radius 3 is 2.75 bits per heavy atom. The first-order chi connectivity index (χ1) is 15.2. The number of hydrogen-bond donors (Lipinski definition) is 2. The summed E-state index contributed by atoms with van der Waals surface area (Å²) in [5.41, 5.74) is 1.56. The minimum absolute atomic E-state index is 0. The second-order valence-electron chi connectivity index (χ2n) is 8.14. The number of benzene rings is 1. The first-order valence-electron chi connectivity index (χ1n) is 11.3. The number of likely N-dealkylation sites (N-methyl/N-ethyl adjacent to an activating group) is 1. The van der Waals surface area contributed by atoms with Crippen molar-refractivity contribution in [2.45, 2.75) is 45.8 Å². The fourth-order valence-corrected chi connectivity index (χ4v) is 4.25. The van der Waals surface area contributed by atoms with Crippen LogP contribution in [0.4, 0.5) is 10.1 Å². The van der Waals surface area contributed by atoms with Crippen molar-refractivity contribution in [1.82, 2.24) is 30.3 Å². The lowest BCUT2D eigenvalue weighted by atomic mass is 10.1. The summed E-state index contributed by atoms with van der Waals surface area (Å²) < 4.78 is 16.8. The predicted molar refractivity (Wildman–Crippen MR) is 136 cm³/mol. The summed E-state index contributed by atoms with van der Waals surface area (Å²) in [5.74, 6) is 1.62. The van der Waals surface area contributed by atoms with Gasteiger partial charge in [-0.2, -0.15) is 5.10 Å². The molecule has 0 spiro atoms. The van der Waals surface area contributed by atoms with Crippen LogP contribution in [0.15, 0.2) is 29.5 Å². The van der Waals surface area contributed by atoms with Crippen LogP contribution >= 0.6 is 24.0 Å². The highest BCUT2D eigenvalue weighted by Gasteiger charge is 2.21. The Balaban J connectivity index is 0.00000289. The van der Waals surface area contributed by atoms with Gasteiger partial charge >= 0.3 is 0 Å². The maximum atomic E-state index is 14.8. The molecule has 0 amide bonds. The number of aromatic nitrogens is 3. The number of nitrogens with one attached hydrogen (secondary N) is 2. The number of aryl methyl sites for hydroxylation is 1. The molecule has 1 aromatic carbocycles. The predicted octanol–water partition coefficient (Wildman–Crippen LogP) is 2.25. The Labute approximate surface area is 206 Å². The Morgan fingerprint density at radius 1 is 1.22 bits per heavy atom. The second-order valence-corrected chi connectivity index (χ2v) is 8.14. The number of anilines is 1. The van der Waals surface area contributed by atoms with Gasteiger partial charge in [-0.25, -0.2) is 19.0 Å². The van der Waals surface area contributed by atoms with E-state index in [1.54, 1.807) is 12.4 Å². The van der Waals surface area contributed by atoms with Crippen LogP contribution in [0, 0.1) is 5.82 Å². The number of hydrogen-bond acceptors (Lipinski definition) is 5. The number of piperazine rings is 1. The highest BCUT2D eigenvalue weighted by atomic mass is 127. The zero-order chi connectivity index (χ0) is 21.6. The molecule has 1 aromatic heterocycles. The molecule has 2 N–H and O–H groups in total. The van der Waals surface area contributed by atoms with Gasteiger partial charge in [0, 0.05) is 45.2 Å². The number of aliphatic imine (C=N–C) groups is 1. The van der Waals surface area contributed by atoms with Crippen molar-refractivity contribution in [3.63, 3.8) is 0 Å². The van der Waals surface area contributed by atoms with E-state index in [1.807, 2.05) is 23.7 Å². The summed E-state index contributed by atoms with van der Waals surface area (Å²) >= 11 is 0. The van der Waals surface area contributed by atoms with Crippen molar-refractivity contribution in [2.75, 3.05) is 44.2 Å². The van der Waals surface area contributed by atoms with E-state index in [-0.39, 0.29) is 35.8 Å². The normalized spacial score (nSPS) is 19.3. The van der Waals surface area contributed by atoms with Gasteiger partial charge in [-0.15, -0.1) is 24.0 Å². The van der Waals surface area contributed by atoms with Gasteiger partial charge in [0.15, 0.2) is 5.96 Å². The van der Waals surface area contributed by atoms with Crippen LogP contribution < -0.4 is 15.5 Å². The van der Waals surface area contributed by atoms with Crippen molar-refractivity contribution in [2.24, 2.45) is 4.99 Å². The molecule has 0 bridgehead atoms. The van der Waals surface area contributed by atoms with E-state index < -0.39 is 0 Å². The number of halogens is 2. The maximum Gasteiger partial charge on any atom is 0.191 e. The van der Waals surface area contributed by atoms with Crippen molar-refractivity contribution >= 4 is 35.6 Å². The highest BCUT2D eigenvalue weighted by Crippen LogP contribution is 2.22. The number of guanidine groups is 1. The topological polar surface area (TPSA) is 73.6 Å². The van der Waals surface area contributed by atoms with Gasteiger partial charge in [-0.1, -0.05) is 13.0 Å². The van der Waals surface area contributed by atoms with Crippen LogP contribution in [0.3, 0.4) is 0 Å². The molecule has 1 atom stereocenters. The van der Waals surface area contributed by atoms with Crippen LogP contribution in [0.5, 0.6) is 0 Å². The van der Waals surface area contributed by atoms with Crippen LogP contribution in [0.2, 0.25) is 0 Å². The van der Waals surface area contributed by atoms with Crippen LogP contribution in [0.1, 0.15) is 31.7 Å². The van der Waals surface area contributed by atoms with Crippen molar-refractivity contribution < 1.29 is 4.39 Å². The molecule has 1 unspecified atom stereocenters. The number of nitrogens with zero attached hydrogens (tertiary/aromatic N) is 6. The molecule has 0 radical (unpaired) electrons. The molecule has 1 saturated heterocycles. The monoisotopic (exact) mass is 556 g/mol. The molecule has 2 aromatic rings. The van der Waals surface area contributed by atoms with E-state index in [0.29, 0.717) is 12.2 Å². The minimum atomic E-state index is -0.165. The van der Waals surface area contributed by atoms with Gasteiger partial charge in [0.2, 0.25) is 0 Å². The fraction of sp³-hybridized carbons (Fsp3) is 0.591. The third kappa shape index (κ3) is 6.09. The number of rotatable bonds is 6. The van der Waals surface area contributed by atoms with Crippen LogP contribution in [-0.2, 0) is 19.5 Å². The Kier molecular flexibility index (Phi) is 9.09. The fourth-order valence-electron chi connectivity index (χ4n) is 4.25. The van der Waals surface area contributed by atoms with Crippen molar-refractivity contribution in [3.05, 3.63) is 41.7 Å². The molecule has 10 heteroatoms. The molecule has 176 valence electrons. The van der Waals surface area contributed by atoms with Crippen molar-refractivity contribution in [3.8, 4) is 0 Å². The highest BCUT2D eigenvalue weighted by molar-refractivity contribution is 14.0. The lowest BCUT2D eigenvalue weighted by Crippen LogP contribution is -2.47. The third-order valence-electron chi connectivity index (χ3n) is 6.08. The molecular weight excluding hydrogens is 522 g/mol. The van der Waals surface area contributed by atoms with Crippen LogP contribution in [-0.4, -0.2) is 70.9 Å². The summed E-state index contributed by atoms with van der Waals surface area (Å²) in [4.78, 5) is 13.5. The zero-order valence-electron chi connectivity index (χ0n) is 18.9. The molecule has 8 nitrogen and oxygen atoms in total. The summed E-state index contributed by atoms with van der Waals surface area (Å²) in [5, 5.41) is 11.1. The molecule has 2 aliphatic rings. The Morgan fingerprint density at radius 2 is 2.03 bits per heavy atom.